The highest BCUT2D eigenvalue weighted by Gasteiger charge is 2.66. The number of aromatic nitrogens is 1. The topological polar surface area (TPSA) is 201 Å². The highest BCUT2D eigenvalue weighted by Crippen LogP contribution is 2.50. The van der Waals surface area contributed by atoms with Crippen molar-refractivity contribution >= 4 is 34.8 Å². The molecule has 0 radical (unpaired) electrons. The number of nitrogens with one attached hydrogen (secondary N) is 1. The highest BCUT2D eigenvalue weighted by molar-refractivity contribution is 6.33. The molecule has 0 aliphatic heterocycles. The SMILES string of the molecule is CN(C)c1ncc(O)c2c1CC1CC3C(N)C(=O)C(C(N)=O)C(=N)C3(O)C(=O)C1C2=O. The maximum atomic E-state index is 13.5. The normalized spacial score (nSPS) is 34.6. The predicted molar refractivity (Wildman–Crippen MR) is 107 cm³/mol. The molecule has 2 saturated carbocycles. The van der Waals surface area contributed by atoms with Gasteiger partial charge in [-0.05, 0) is 18.8 Å². The Morgan fingerprint density at radius 1 is 1.32 bits per heavy atom. The van der Waals surface area contributed by atoms with Crippen LogP contribution in [0.2, 0.25) is 0 Å². The van der Waals surface area contributed by atoms with Crippen LogP contribution in [0.1, 0.15) is 22.3 Å². The molecule has 1 heterocycles. The number of hydrogen-bond donors (Lipinski definition) is 5. The second kappa shape index (κ2) is 6.66. The molecule has 4 rings (SSSR count). The number of nitrogens with zero attached hydrogens (tertiary/aromatic N) is 2. The molecule has 1 aromatic rings. The first kappa shape index (κ1) is 21.1. The van der Waals surface area contributed by atoms with E-state index in [1.54, 1.807) is 19.0 Å². The fraction of sp³-hybridized carbons (Fsp3) is 0.500. The second-order valence-corrected chi connectivity index (χ2v) is 8.67. The Morgan fingerprint density at radius 3 is 2.55 bits per heavy atom. The molecule has 31 heavy (non-hydrogen) atoms. The molecule has 164 valence electrons. The summed E-state index contributed by atoms with van der Waals surface area (Å²) in [6, 6.07) is -1.39. The molecule has 1 aromatic heterocycles. The maximum Gasteiger partial charge on any atom is 0.233 e. The molecule has 1 amide bonds. The Bertz CT molecular complexity index is 1070. The lowest BCUT2D eigenvalue weighted by atomic mass is 9.52. The monoisotopic (exact) mass is 429 g/mol. The van der Waals surface area contributed by atoms with Crippen LogP contribution in [0.4, 0.5) is 5.82 Å². The van der Waals surface area contributed by atoms with Crippen molar-refractivity contribution in [1.29, 1.82) is 5.41 Å². The highest BCUT2D eigenvalue weighted by atomic mass is 16.3. The molecule has 6 unspecified atom stereocenters. The number of anilines is 1. The van der Waals surface area contributed by atoms with Crippen molar-refractivity contribution in [3.05, 3.63) is 17.3 Å². The van der Waals surface area contributed by atoms with Crippen molar-refractivity contribution in [3.8, 4) is 5.75 Å². The summed E-state index contributed by atoms with van der Waals surface area (Å²) >= 11 is 0. The third-order valence-electron chi connectivity index (χ3n) is 6.81. The van der Waals surface area contributed by atoms with E-state index in [1.807, 2.05) is 0 Å². The maximum absolute atomic E-state index is 13.5. The quantitative estimate of drug-likeness (QED) is 0.335. The lowest BCUT2D eigenvalue weighted by molar-refractivity contribution is -0.152. The van der Waals surface area contributed by atoms with E-state index in [0.29, 0.717) is 11.4 Å². The van der Waals surface area contributed by atoms with Gasteiger partial charge in [-0.1, -0.05) is 0 Å². The average molecular weight is 429 g/mol. The Balaban J connectivity index is 1.86. The van der Waals surface area contributed by atoms with E-state index in [9.17, 15) is 29.4 Å². The first-order chi connectivity index (χ1) is 14.4. The molecule has 11 nitrogen and oxygen atoms in total. The standard InChI is InChI=1S/C20H23N5O6/c1-25(2)19-7-3-6-4-8-13(21)15(28)12(18(23)30)16(22)20(8,31)17(29)10(6)14(27)11(7)9(26)5-24-19/h5-6,8,10,12-13,22,26,31H,3-4,21H2,1-2H3,(H2,23,30). The van der Waals surface area contributed by atoms with Gasteiger partial charge in [0.2, 0.25) is 5.91 Å². The zero-order valence-corrected chi connectivity index (χ0v) is 17.0. The van der Waals surface area contributed by atoms with Gasteiger partial charge < -0.3 is 32.0 Å². The van der Waals surface area contributed by atoms with Crippen LogP contribution >= 0.6 is 0 Å². The summed E-state index contributed by atoms with van der Waals surface area (Å²) in [5, 5.41) is 29.9. The summed E-state index contributed by atoms with van der Waals surface area (Å²) in [4.78, 5) is 57.0. The molecule has 2 fully saturated rings. The van der Waals surface area contributed by atoms with Gasteiger partial charge in [-0.15, -0.1) is 0 Å². The van der Waals surface area contributed by atoms with Crippen LogP contribution in [-0.2, 0) is 20.8 Å². The molecule has 0 saturated heterocycles. The fourth-order valence-electron chi connectivity index (χ4n) is 5.38. The number of aliphatic hydroxyl groups is 1. The number of primary amides is 1. The molecule has 3 aliphatic rings. The number of amides is 1. The van der Waals surface area contributed by atoms with E-state index in [2.05, 4.69) is 4.98 Å². The molecule has 6 atom stereocenters. The van der Waals surface area contributed by atoms with Crippen molar-refractivity contribution in [2.75, 3.05) is 19.0 Å². The molecule has 3 aliphatic carbocycles. The molecular weight excluding hydrogens is 406 g/mol. The number of aromatic hydroxyl groups is 1. The summed E-state index contributed by atoms with van der Waals surface area (Å²) < 4.78 is 0. The van der Waals surface area contributed by atoms with Gasteiger partial charge in [0.15, 0.2) is 23.0 Å². The van der Waals surface area contributed by atoms with E-state index in [1.165, 1.54) is 0 Å². The average Bonchev–Trinajstić information content (AvgIpc) is 2.68. The van der Waals surface area contributed by atoms with Crippen molar-refractivity contribution in [3.63, 3.8) is 0 Å². The minimum atomic E-state index is -2.56. The van der Waals surface area contributed by atoms with Crippen molar-refractivity contribution in [2.24, 2.45) is 35.1 Å². The van der Waals surface area contributed by atoms with E-state index in [-0.39, 0.29) is 24.2 Å². The summed E-state index contributed by atoms with van der Waals surface area (Å²) in [7, 11) is 3.45. The van der Waals surface area contributed by atoms with E-state index in [0.717, 1.165) is 6.20 Å². The number of carbonyl (C=O) groups excluding carboxylic acids is 4. The van der Waals surface area contributed by atoms with E-state index >= 15 is 0 Å². The minimum Gasteiger partial charge on any atom is -0.506 e. The summed E-state index contributed by atoms with van der Waals surface area (Å²) in [6.07, 6.45) is 1.31. The summed E-state index contributed by atoms with van der Waals surface area (Å²) in [6.45, 7) is 0. The number of fused-ring (bicyclic) bond motifs is 3. The third kappa shape index (κ3) is 2.59. The molecule has 11 heteroatoms. The Hall–Kier alpha value is -3.18. The number of rotatable bonds is 2. The fourth-order valence-corrected chi connectivity index (χ4v) is 5.38. The van der Waals surface area contributed by atoms with Crippen LogP contribution in [0.15, 0.2) is 6.20 Å². The number of pyridine rings is 1. The number of nitrogens with two attached hydrogens (primary N) is 2. The van der Waals surface area contributed by atoms with Gasteiger partial charge in [0.05, 0.1) is 29.4 Å². The molecule has 0 bridgehead atoms. The second-order valence-electron chi connectivity index (χ2n) is 8.67. The van der Waals surface area contributed by atoms with Crippen molar-refractivity contribution in [1.82, 2.24) is 4.98 Å². The van der Waals surface area contributed by atoms with Crippen LogP contribution in [0.3, 0.4) is 0 Å². The Morgan fingerprint density at radius 2 is 1.97 bits per heavy atom. The van der Waals surface area contributed by atoms with Gasteiger partial charge in [0.1, 0.15) is 17.5 Å². The molecular formula is C20H23N5O6. The van der Waals surface area contributed by atoms with E-state index in [4.69, 9.17) is 16.9 Å². The Kier molecular flexibility index (Phi) is 4.53. The smallest absolute Gasteiger partial charge is 0.233 e. The Labute approximate surface area is 176 Å². The largest absolute Gasteiger partial charge is 0.506 e. The molecule has 0 spiro atoms. The zero-order valence-electron chi connectivity index (χ0n) is 17.0. The van der Waals surface area contributed by atoms with E-state index < -0.39 is 64.3 Å². The van der Waals surface area contributed by atoms with Crippen LogP contribution in [0.5, 0.6) is 5.75 Å². The van der Waals surface area contributed by atoms with Crippen molar-refractivity contribution < 1.29 is 29.4 Å². The third-order valence-corrected chi connectivity index (χ3v) is 6.81. The first-order valence-corrected chi connectivity index (χ1v) is 9.79. The number of Topliss-reactive ketones (excluding diaryl/α,β-unsaturated/α-hetero) is 3. The number of hydrogen-bond acceptors (Lipinski definition) is 10. The first-order valence-electron chi connectivity index (χ1n) is 9.79. The predicted octanol–water partition coefficient (Wildman–Crippen LogP) is -1.82. The number of carbonyl (C=O) groups is 4. The van der Waals surface area contributed by atoms with Gasteiger partial charge in [-0.25, -0.2) is 4.98 Å². The van der Waals surface area contributed by atoms with Gasteiger partial charge in [0, 0.05) is 25.6 Å². The van der Waals surface area contributed by atoms with Crippen molar-refractivity contribution in [2.45, 2.75) is 24.5 Å². The van der Waals surface area contributed by atoms with Crippen LogP contribution in [-0.4, -0.2) is 69.9 Å². The van der Waals surface area contributed by atoms with Gasteiger partial charge >= 0.3 is 0 Å². The minimum absolute atomic E-state index is 0.00137. The summed E-state index contributed by atoms with van der Waals surface area (Å²) in [5.74, 6) is -8.60. The molecule has 0 aromatic carbocycles. The summed E-state index contributed by atoms with van der Waals surface area (Å²) in [5.41, 5.74) is 8.26. The number of ketones is 3. The lowest BCUT2D eigenvalue weighted by Crippen LogP contribution is -2.73. The van der Waals surface area contributed by atoms with Crippen LogP contribution in [0, 0.1) is 29.1 Å². The zero-order chi connectivity index (χ0) is 23.0. The van der Waals surface area contributed by atoms with Gasteiger partial charge in [-0.3, -0.25) is 19.2 Å². The van der Waals surface area contributed by atoms with Crippen LogP contribution in [0.25, 0.3) is 0 Å². The lowest BCUT2D eigenvalue weighted by Gasteiger charge is -2.51. The van der Waals surface area contributed by atoms with Gasteiger partial charge in [0.25, 0.3) is 0 Å². The van der Waals surface area contributed by atoms with Gasteiger partial charge in [-0.2, -0.15) is 0 Å². The molecule has 7 N–H and O–H groups in total. The van der Waals surface area contributed by atoms with Crippen LogP contribution < -0.4 is 16.4 Å².